The Balaban J connectivity index is 2.35. The summed E-state index contributed by atoms with van der Waals surface area (Å²) in [6.45, 7) is 0. The van der Waals surface area contributed by atoms with Crippen LogP contribution in [0.4, 0.5) is 13.2 Å². The predicted octanol–water partition coefficient (Wildman–Crippen LogP) is 4.39. The second kappa shape index (κ2) is 5.38. The number of halogens is 4. The first kappa shape index (κ1) is 15.3. The van der Waals surface area contributed by atoms with Crippen molar-refractivity contribution in [2.24, 2.45) is 0 Å². The Morgan fingerprint density at radius 2 is 1.85 bits per heavy atom. The van der Waals surface area contributed by atoms with Crippen molar-refractivity contribution in [3.8, 4) is 0 Å². The molecule has 0 N–H and O–H groups in total. The van der Waals surface area contributed by atoms with Crippen molar-refractivity contribution in [1.29, 1.82) is 0 Å². The van der Waals surface area contributed by atoms with Crippen LogP contribution in [0.25, 0.3) is 0 Å². The first-order valence-electron chi connectivity index (χ1n) is 5.33. The Morgan fingerprint density at radius 1 is 1.15 bits per heavy atom. The van der Waals surface area contributed by atoms with E-state index in [4.69, 9.17) is 11.6 Å². The minimum absolute atomic E-state index is 0.350. The summed E-state index contributed by atoms with van der Waals surface area (Å²) in [5.74, 6) is -0.369. The van der Waals surface area contributed by atoms with E-state index in [1.54, 1.807) is 6.07 Å². The number of thiophene rings is 1. The van der Waals surface area contributed by atoms with Crippen molar-refractivity contribution in [1.82, 2.24) is 0 Å². The minimum atomic E-state index is -4.57. The van der Waals surface area contributed by atoms with Crippen molar-refractivity contribution in [2.75, 3.05) is 0 Å². The van der Waals surface area contributed by atoms with Crippen LogP contribution in [0.1, 0.15) is 10.4 Å². The van der Waals surface area contributed by atoms with Gasteiger partial charge in [-0.3, -0.25) is 0 Å². The number of alkyl halides is 3. The average molecular weight is 341 g/mol. The van der Waals surface area contributed by atoms with Crippen molar-refractivity contribution in [2.45, 2.75) is 16.8 Å². The van der Waals surface area contributed by atoms with Crippen LogP contribution >= 0.6 is 22.9 Å². The third-order valence-corrected chi connectivity index (χ3v) is 5.56. The predicted molar refractivity (Wildman–Crippen MR) is 71.7 cm³/mol. The maximum Gasteiger partial charge on any atom is 0.416 e. The first-order valence-corrected chi connectivity index (χ1v) is 8.17. The Labute approximate surface area is 122 Å². The van der Waals surface area contributed by atoms with Crippen LogP contribution in [0, 0.1) is 0 Å². The van der Waals surface area contributed by atoms with Crippen LogP contribution in [-0.4, -0.2) is 8.42 Å². The summed E-state index contributed by atoms with van der Waals surface area (Å²) in [4.78, 5) is 0.129. The summed E-state index contributed by atoms with van der Waals surface area (Å²) in [5, 5.41) is 0. The number of rotatable bonds is 3. The lowest BCUT2D eigenvalue weighted by Crippen LogP contribution is -2.08. The zero-order valence-electron chi connectivity index (χ0n) is 9.82. The van der Waals surface area contributed by atoms with Gasteiger partial charge in [0.2, 0.25) is 0 Å². The van der Waals surface area contributed by atoms with Gasteiger partial charge in [-0.25, -0.2) is 8.42 Å². The van der Waals surface area contributed by atoms with Crippen LogP contribution < -0.4 is 0 Å². The van der Waals surface area contributed by atoms with Crippen LogP contribution in [0.3, 0.4) is 0 Å². The standard InChI is InChI=1S/C12H8ClF3O2S2/c13-11-5-4-9(19-11)7-20(17,18)10-3-1-2-8(6-10)12(14,15)16/h1-6H,7H2. The van der Waals surface area contributed by atoms with E-state index in [0.29, 0.717) is 15.3 Å². The molecule has 0 aliphatic rings. The maximum absolute atomic E-state index is 12.6. The van der Waals surface area contributed by atoms with Crippen LogP contribution in [0.15, 0.2) is 41.3 Å². The lowest BCUT2D eigenvalue weighted by atomic mass is 10.2. The molecule has 8 heteroatoms. The topological polar surface area (TPSA) is 34.1 Å². The van der Waals surface area contributed by atoms with Crippen molar-refractivity contribution >= 4 is 32.8 Å². The molecule has 0 aliphatic carbocycles. The molecule has 20 heavy (non-hydrogen) atoms. The lowest BCUT2D eigenvalue weighted by Gasteiger charge is -2.09. The van der Waals surface area contributed by atoms with E-state index in [1.807, 2.05) is 0 Å². The molecular formula is C12H8ClF3O2S2. The molecule has 1 aromatic carbocycles. The highest BCUT2D eigenvalue weighted by Gasteiger charge is 2.31. The summed E-state index contributed by atoms with van der Waals surface area (Å²) in [5.41, 5.74) is -0.984. The molecule has 108 valence electrons. The molecule has 1 aromatic heterocycles. The molecule has 0 bridgehead atoms. The molecule has 0 amide bonds. The summed E-state index contributed by atoms with van der Waals surface area (Å²) in [7, 11) is -3.83. The fourth-order valence-electron chi connectivity index (χ4n) is 1.57. The van der Waals surface area contributed by atoms with E-state index in [9.17, 15) is 21.6 Å². The van der Waals surface area contributed by atoms with Gasteiger partial charge in [-0.15, -0.1) is 11.3 Å². The van der Waals surface area contributed by atoms with Gasteiger partial charge < -0.3 is 0 Å². The van der Waals surface area contributed by atoms with Crippen LogP contribution in [0.2, 0.25) is 4.34 Å². The van der Waals surface area contributed by atoms with Gasteiger partial charge in [-0.05, 0) is 30.3 Å². The molecule has 0 saturated carbocycles. The summed E-state index contributed by atoms with van der Waals surface area (Å²) in [6, 6.07) is 6.80. The zero-order valence-corrected chi connectivity index (χ0v) is 12.2. The molecule has 2 nitrogen and oxygen atoms in total. The highest BCUT2D eigenvalue weighted by molar-refractivity contribution is 7.90. The van der Waals surface area contributed by atoms with Gasteiger partial charge in [-0.1, -0.05) is 17.7 Å². The summed E-state index contributed by atoms with van der Waals surface area (Å²) >= 11 is 6.78. The molecule has 0 saturated heterocycles. The molecule has 0 fully saturated rings. The Hall–Kier alpha value is -1.05. The second-order valence-electron chi connectivity index (χ2n) is 3.99. The van der Waals surface area contributed by atoms with E-state index in [0.717, 1.165) is 29.5 Å². The molecule has 0 spiro atoms. The molecule has 2 rings (SSSR count). The van der Waals surface area contributed by atoms with Gasteiger partial charge >= 0.3 is 6.18 Å². The lowest BCUT2D eigenvalue weighted by molar-refractivity contribution is -0.137. The molecule has 0 unspecified atom stereocenters. The van der Waals surface area contributed by atoms with Gasteiger partial charge in [0.1, 0.15) is 0 Å². The second-order valence-corrected chi connectivity index (χ2v) is 7.78. The molecule has 1 heterocycles. The number of hydrogen-bond donors (Lipinski definition) is 0. The maximum atomic E-state index is 12.6. The zero-order chi connectivity index (χ0) is 15.0. The smallest absolute Gasteiger partial charge is 0.223 e. The monoisotopic (exact) mass is 340 g/mol. The Kier molecular flexibility index (Phi) is 4.13. The van der Waals surface area contributed by atoms with E-state index < -0.39 is 21.6 Å². The van der Waals surface area contributed by atoms with Gasteiger partial charge in [0.15, 0.2) is 9.84 Å². The fourth-order valence-corrected chi connectivity index (χ4v) is 4.38. The SMILES string of the molecule is O=S(=O)(Cc1ccc(Cl)s1)c1cccc(C(F)(F)F)c1. The number of benzene rings is 1. The quantitative estimate of drug-likeness (QED) is 0.830. The van der Waals surface area contributed by atoms with E-state index in [-0.39, 0.29) is 10.6 Å². The molecule has 2 aromatic rings. The minimum Gasteiger partial charge on any atom is -0.223 e. The first-order chi connectivity index (χ1) is 9.18. The van der Waals surface area contributed by atoms with Gasteiger partial charge in [0.25, 0.3) is 0 Å². The number of sulfone groups is 1. The van der Waals surface area contributed by atoms with E-state index in [1.165, 1.54) is 6.07 Å². The van der Waals surface area contributed by atoms with Crippen LogP contribution in [-0.2, 0) is 21.8 Å². The number of hydrogen-bond acceptors (Lipinski definition) is 3. The molecule has 0 radical (unpaired) electrons. The Bertz CT molecular complexity index is 720. The normalized spacial score (nSPS) is 12.6. The highest BCUT2D eigenvalue weighted by Crippen LogP contribution is 2.32. The van der Waals surface area contributed by atoms with E-state index >= 15 is 0 Å². The van der Waals surface area contributed by atoms with Crippen molar-refractivity contribution in [3.63, 3.8) is 0 Å². The van der Waals surface area contributed by atoms with Crippen molar-refractivity contribution < 1.29 is 21.6 Å². The molecule has 0 aliphatic heterocycles. The summed E-state index contributed by atoms with van der Waals surface area (Å²) in [6.07, 6.45) is -4.57. The summed E-state index contributed by atoms with van der Waals surface area (Å²) < 4.78 is 62.3. The van der Waals surface area contributed by atoms with Gasteiger partial charge in [0, 0.05) is 4.88 Å². The van der Waals surface area contributed by atoms with Gasteiger partial charge in [-0.2, -0.15) is 13.2 Å². The third-order valence-electron chi connectivity index (χ3n) is 2.48. The Morgan fingerprint density at radius 3 is 2.40 bits per heavy atom. The average Bonchev–Trinajstić information content (AvgIpc) is 2.73. The molecule has 0 atom stereocenters. The van der Waals surface area contributed by atoms with Crippen LogP contribution in [0.5, 0.6) is 0 Å². The third kappa shape index (κ3) is 3.53. The fraction of sp³-hybridized carbons (Fsp3) is 0.167. The largest absolute Gasteiger partial charge is 0.416 e. The van der Waals surface area contributed by atoms with Gasteiger partial charge in [0.05, 0.1) is 20.5 Å². The van der Waals surface area contributed by atoms with Crippen molar-refractivity contribution in [3.05, 3.63) is 51.2 Å². The van der Waals surface area contributed by atoms with E-state index in [2.05, 4.69) is 0 Å². The molecular weight excluding hydrogens is 333 g/mol. The highest BCUT2D eigenvalue weighted by atomic mass is 35.5.